The highest BCUT2D eigenvalue weighted by atomic mass is 28.4. The first-order valence-corrected chi connectivity index (χ1v) is 34.3. The molecule has 12 rings (SSSR count). The molecule has 4 fully saturated rings. The van der Waals surface area contributed by atoms with Gasteiger partial charge in [-0.25, -0.2) is 19.3 Å². The molecule has 0 spiro atoms. The molecule has 470 valence electrons. The van der Waals surface area contributed by atoms with Crippen LogP contribution in [-0.4, -0.2) is 146 Å². The first-order valence-electron chi connectivity index (χ1n) is 31.4. The lowest BCUT2D eigenvalue weighted by Crippen LogP contribution is -2.49. The van der Waals surface area contributed by atoms with E-state index in [1.807, 2.05) is 98.8 Å². The Bertz CT molecular complexity index is 3880. The number of amides is 2. The van der Waals surface area contributed by atoms with Crippen LogP contribution in [0.2, 0.25) is 18.1 Å². The van der Waals surface area contributed by atoms with Crippen molar-refractivity contribution < 1.29 is 38.8 Å². The second-order valence-corrected chi connectivity index (χ2v) is 31.4. The Morgan fingerprint density at radius 2 is 0.910 bits per heavy atom. The van der Waals surface area contributed by atoms with Crippen molar-refractivity contribution in [2.24, 2.45) is 0 Å². The SMILES string of the molecule is Cc1ccc(-n2ncc3c(=O)n(CC4(O)CCN(C(=O)c5ccc(OC6CCC(O)CC6)cc5)CC4)cnc32)cc1.Cc1ccc(-n2ncc3c(=O)n(CC4(O)CCN(C(=O)c5ccc(OC6CCC(O[Si](C)(C)C(C)(C)C)CC6)cc5)CC4)cnc32)cc1. The fraction of sp³-hybridized carbons (Fsp3) is 0.471. The lowest BCUT2D eigenvalue weighted by Gasteiger charge is -2.41. The van der Waals surface area contributed by atoms with Crippen molar-refractivity contribution in [3.8, 4) is 22.9 Å². The summed E-state index contributed by atoms with van der Waals surface area (Å²) in [6.07, 6.45) is 14.8. The molecule has 2 aliphatic heterocycles. The molecule has 2 saturated heterocycles. The third-order valence-electron chi connectivity index (χ3n) is 18.9. The molecule has 8 aromatic rings. The van der Waals surface area contributed by atoms with E-state index in [-0.39, 0.29) is 59.4 Å². The molecule has 4 aromatic carbocycles. The van der Waals surface area contributed by atoms with Gasteiger partial charge in [-0.2, -0.15) is 10.2 Å². The second kappa shape index (κ2) is 25.9. The van der Waals surface area contributed by atoms with Crippen LogP contribution < -0.4 is 20.6 Å². The zero-order chi connectivity index (χ0) is 62.8. The quantitative estimate of drug-likeness (QED) is 0.0861. The first-order chi connectivity index (χ1) is 42.5. The van der Waals surface area contributed by atoms with Crippen molar-refractivity contribution in [3.63, 3.8) is 0 Å². The van der Waals surface area contributed by atoms with Gasteiger partial charge in [0.25, 0.3) is 22.9 Å². The van der Waals surface area contributed by atoms with Gasteiger partial charge in [-0.05, 0) is 182 Å². The van der Waals surface area contributed by atoms with Crippen LogP contribution in [0.5, 0.6) is 11.5 Å². The number of carbonyl (C=O) groups is 2. The van der Waals surface area contributed by atoms with Gasteiger partial charge in [0.2, 0.25) is 0 Å². The van der Waals surface area contributed by atoms with E-state index >= 15 is 0 Å². The maximum absolute atomic E-state index is 13.3. The fourth-order valence-corrected chi connectivity index (χ4v) is 13.6. The molecule has 4 aliphatic rings. The molecule has 20 nitrogen and oxygen atoms in total. The molecule has 2 aliphatic carbocycles. The zero-order valence-electron chi connectivity index (χ0n) is 52.3. The van der Waals surface area contributed by atoms with E-state index in [9.17, 15) is 34.5 Å². The highest BCUT2D eigenvalue weighted by Gasteiger charge is 2.41. The summed E-state index contributed by atoms with van der Waals surface area (Å²) in [5, 5.41) is 42.2. The molecule has 0 bridgehead atoms. The summed E-state index contributed by atoms with van der Waals surface area (Å²) in [7, 11) is -1.78. The van der Waals surface area contributed by atoms with Crippen LogP contribution in [0.15, 0.2) is 132 Å². The Balaban J connectivity index is 0.000000186. The normalized spacial score (nSPS) is 20.4. The fourth-order valence-electron chi connectivity index (χ4n) is 12.2. The average Bonchev–Trinajstić information content (AvgIpc) is 1.99. The minimum atomic E-state index is -1.78. The molecule has 2 saturated carbocycles. The third kappa shape index (κ3) is 14.4. The summed E-state index contributed by atoms with van der Waals surface area (Å²) in [4.78, 5) is 65.6. The Labute approximate surface area is 519 Å². The van der Waals surface area contributed by atoms with E-state index in [1.165, 1.54) is 34.2 Å². The number of benzene rings is 4. The molecule has 0 radical (unpaired) electrons. The Morgan fingerprint density at radius 3 is 1.28 bits per heavy atom. The number of hydrogen-bond acceptors (Lipinski definition) is 14. The molecular formula is C68H84N10O10Si. The number of aromatic nitrogens is 8. The van der Waals surface area contributed by atoms with E-state index in [4.69, 9.17) is 13.9 Å². The van der Waals surface area contributed by atoms with Crippen LogP contribution >= 0.6 is 0 Å². The minimum Gasteiger partial charge on any atom is -0.490 e. The average molecular weight is 1230 g/mol. The number of aryl methyl sites for hydroxylation is 2. The lowest BCUT2D eigenvalue weighted by molar-refractivity contribution is -0.0306. The number of aliphatic hydroxyl groups excluding tert-OH is 1. The summed E-state index contributed by atoms with van der Waals surface area (Å²) < 4.78 is 25.1. The first kappa shape index (κ1) is 62.8. The molecule has 0 atom stereocenters. The van der Waals surface area contributed by atoms with Crippen LogP contribution in [-0.2, 0) is 17.5 Å². The molecule has 3 N–H and O–H groups in total. The summed E-state index contributed by atoms with van der Waals surface area (Å²) >= 11 is 0. The Hall–Kier alpha value is -7.82. The standard InChI is InChI=1S/C37H49N5O5Si.C31H35N5O5/c1-26-7-11-28(12-8-26)42-33-32(23-39-42)35(44)41(25-38-33)24-37(45)19-21-40(22-20-37)34(43)27-9-13-29(14-10-27)46-30-15-17-31(18-16-30)47-48(5,6)36(2,3)4;1-21-2-6-23(7-3-21)36-28-27(18-33-36)30(39)35(20-32-28)19-31(40)14-16-34(17-15-31)29(38)22-4-10-25(11-5-22)41-26-12-8-24(37)9-13-26/h7-14,23,25,30-31,45H,15-22,24H2,1-6H3;2-7,10-11,18,20,24,26,37,40H,8-9,12-17,19H2,1H3. The summed E-state index contributed by atoms with van der Waals surface area (Å²) in [6.45, 7) is 17.2. The van der Waals surface area contributed by atoms with Crippen LogP contribution in [0.1, 0.15) is 130 Å². The van der Waals surface area contributed by atoms with E-state index in [2.05, 4.69) is 54.0 Å². The van der Waals surface area contributed by atoms with Gasteiger partial charge >= 0.3 is 0 Å². The number of hydrogen-bond donors (Lipinski definition) is 3. The van der Waals surface area contributed by atoms with Gasteiger partial charge in [-0.3, -0.25) is 28.3 Å². The number of likely N-dealkylation sites (tertiary alicyclic amines) is 2. The van der Waals surface area contributed by atoms with Gasteiger partial charge in [0.1, 0.15) is 34.9 Å². The summed E-state index contributed by atoms with van der Waals surface area (Å²) in [6, 6.07) is 30.2. The number of aliphatic hydroxyl groups is 3. The van der Waals surface area contributed by atoms with Crippen molar-refractivity contribution in [3.05, 3.63) is 165 Å². The molecule has 6 heterocycles. The molecule has 2 amide bonds. The van der Waals surface area contributed by atoms with Gasteiger partial charge in [-0.1, -0.05) is 56.2 Å². The van der Waals surface area contributed by atoms with Crippen molar-refractivity contribution in [1.29, 1.82) is 0 Å². The number of nitrogens with zero attached hydrogens (tertiary/aromatic N) is 10. The van der Waals surface area contributed by atoms with Gasteiger partial charge in [-0.15, -0.1) is 0 Å². The predicted molar refractivity (Wildman–Crippen MR) is 343 cm³/mol. The molecule has 89 heavy (non-hydrogen) atoms. The molecule has 21 heteroatoms. The van der Waals surface area contributed by atoms with E-state index in [0.717, 1.165) is 85.4 Å². The van der Waals surface area contributed by atoms with E-state index in [0.29, 0.717) is 91.2 Å². The van der Waals surface area contributed by atoms with Crippen molar-refractivity contribution in [2.45, 2.75) is 179 Å². The topological polar surface area (TPSA) is 234 Å². The molecular weight excluding hydrogens is 1140 g/mol. The number of carbonyl (C=O) groups excluding carboxylic acids is 2. The second-order valence-electron chi connectivity index (χ2n) is 26.6. The predicted octanol–water partition coefficient (Wildman–Crippen LogP) is 9.51. The van der Waals surface area contributed by atoms with Crippen LogP contribution in [0.4, 0.5) is 0 Å². The van der Waals surface area contributed by atoms with Gasteiger partial charge in [0, 0.05) is 43.4 Å². The van der Waals surface area contributed by atoms with Crippen molar-refractivity contribution in [1.82, 2.24) is 48.5 Å². The zero-order valence-corrected chi connectivity index (χ0v) is 53.3. The highest BCUT2D eigenvalue weighted by Crippen LogP contribution is 2.40. The number of ether oxygens (including phenoxy) is 2. The minimum absolute atomic E-state index is 0.0735. The monoisotopic (exact) mass is 1230 g/mol. The van der Waals surface area contributed by atoms with Crippen molar-refractivity contribution in [2.75, 3.05) is 26.2 Å². The lowest BCUT2D eigenvalue weighted by atomic mass is 9.91. The maximum atomic E-state index is 13.3. The van der Waals surface area contributed by atoms with Crippen LogP contribution in [0.3, 0.4) is 0 Å². The third-order valence-corrected chi connectivity index (χ3v) is 23.4. The Morgan fingerprint density at radius 1 is 0.551 bits per heavy atom. The number of rotatable bonds is 14. The van der Waals surface area contributed by atoms with E-state index < -0.39 is 19.5 Å². The van der Waals surface area contributed by atoms with Gasteiger partial charge in [0.05, 0.1) is 66.4 Å². The Kier molecular flexibility index (Phi) is 18.3. The van der Waals surface area contributed by atoms with Crippen LogP contribution in [0, 0.1) is 13.8 Å². The van der Waals surface area contributed by atoms with Crippen molar-refractivity contribution >= 4 is 42.2 Å². The summed E-state index contributed by atoms with van der Waals surface area (Å²) in [5.41, 5.74) is 3.23. The summed E-state index contributed by atoms with van der Waals surface area (Å²) in [5.74, 6) is 1.32. The van der Waals surface area contributed by atoms with Gasteiger partial charge < -0.3 is 39.0 Å². The number of fused-ring (bicyclic) bond motifs is 2. The smallest absolute Gasteiger partial charge is 0.264 e. The highest BCUT2D eigenvalue weighted by molar-refractivity contribution is 6.74. The van der Waals surface area contributed by atoms with Gasteiger partial charge in [0.15, 0.2) is 19.6 Å². The molecule has 0 unspecified atom stereocenters. The van der Waals surface area contributed by atoms with E-state index in [1.54, 1.807) is 31.3 Å². The number of piperidine rings is 2. The maximum Gasteiger partial charge on any atom is 0.264 e. The van der Waals surface area contributed by atoms with Crippen LogP contribution in [0.25, 0.3) is 33.4 Å². The largest absolute Gasteiger partial charge is 0.490 e. The molecule has 4 aromatic heterocycles.